The minimum Gasteiger partial charge on any atom is -0.366 e. The van der Waals surface area contributed by atoms with Gasteiger partial charge in [-0.15, -0.1) is 0 Å². The summed E-state index contributed by atoms with van der Waals surface area (Å²) in [5.74, 6) is -2.40. The van der Waals surface area contributed by atoms with Crippen LogP contribution in [0.1, 0.15) is 15.9 Å². The van der Waals surface area contributed by atoms with E-state index in [4.69, 9.17) is 11.0 Å². The third kappa shape index (κ3) is 3.92. The number of hydrogen-bond acceptors (Lipinski definition) is 4. The number of nitrogens with one attached hydrogen (secondary N) is 2. The summed E-state index contributed by atoms with van der Waals surface area (Å²) in [5.41, 5.74) is 6.23. The Bertz CT molecular complexity index is 807. The third-order valence-electron chi connectivity index (χ3n) is 2.93. The summed E-state index contributed by atoms with van der Waals surface area (Å²) in [6.07, 6.45) is 0. The molecule has 0 saturated carbocycles. The first kappa shape index (κ1) is 15.7. The van der Waals surface area contributed by atoms with E-state index in [0.717, 1.165) is 0 Å². The molecule has 0 bridgehead atoms. The van der Waals surface area contributed by atoms with Crippen molar-refractivity contribution in [1.29, 1.82) is 5.26 Å². The van der Waals surface area contributed by atoms with Crippen molar-refractivity contribution in [2.45, 2.75) is 0 Å². The van der Waals surface area contributed by atoms with E-state index >= 15 is 0 Å². The van der Waals surface area contributed by atoms with Gasteiger partial charge < -0.3 is 16.4 Å². The average Bonchev–Trinajstić information content (AvgIpc) is 2.55. The van der Waals surface area contributed by atoms with Crippen molar-refractivity contribution in [2.75, 3.05) is 10.6 Å². The molecule has 0 radical (unpaired) electrons. The van der Waals surface area contributed by atoms with E-state index < -0.39 is 17.7 Å². The van der Waals surface area contributed by atoms with E-state index in [0.29, 0.717) is 5.69 Å². The van der Waals surface area contributed by atoms with Crippen molar-refractivity contribution in [3.05, 3.63) is 59.7 Å². The van der Waals surface area contributed by atoms with Gasteiger partial charge in [-0.2, -0.15) is 5.26 Å². The van der Waals surface area contributed by atoms with Crippen molar-refractivity contribution < 1.29 is 14.4 Å². The minimum absolute atomic E-state index is 0.249. The van der Waals surface area contributed by atoms with Gasteiger partial charge in [0, 0.05) is 11.3 Å². The Kier molecular flexibility index (Phi) is 4.69. The molecule has 2 aromatic carbocycles. The molecule has 0 spiro atoms. The number of nitrogens with two attached hydrogens (primary N) is 1. The first-order valence-corrected chi connectivity index (χ1v) is 6.52. The Morgan fingerprint density at radius 1 is 0.913 bits per heavy atom. The van der Waals surface area contributed by atoms with Gasteiger partial charge in [-0.05, 0) is 36.4 Å². The zero-order chi connectivity index (χ0) is 16.8. The summed E-state index contributed by atoms with van der Waals surface area (Å²) in [4.78, 5) is 34.6. The summed E-state index contributed by atoms with van der Waals surface area (Å²) in [6, 6.07) is 14.0. The van der Waals surface area contributed by atoms with Crippen LogP contribution in [-0.4, -0.2) is 17.7 Å². The number of amides is 3. The fourth-order valence-electron chi connectivity index (χ4n) is 1.77. The molecule has 0 aliphatic rings. The van der Waals surface area contributed by atoms with E-state index in [-0.39, 0.29) is 16.8 Å². The Morgan fingerprint density at radius 3 is 2.13 bits per heavy atom. The molecule has 23 heavy (non-hydrogen) atoms. The molecule has 4 N–H and O–H groups in total. The van der Waals surface area contributed by atoms with E-state index in [1.807, 2.05) is 6.07 Å². The maximum atomic E-state index is 11.9. The van der Waals surface area contributed by atoms with Gasteiger partial charge in [-0.3, -0.25) is 14.4 Å². The van der Waals surface area contributed by atoms with Crippen LogP contribution in [-0.2, 0) is 9.59 Å². The summed E-state index contributed by atoms with van der Waals surface area (Å²) in [7, 11) is 0. The van der Waals surface area contributed by atoms with Gasteiger partial charge in [0.2, 0.25) is 5.91 Å². The molecular weight excluding hydrogens is 296 g/mol. The van der Waals surface area contributed by atoms with Crippen molar-refractivity contribution in [1.82, 2.24) is 0 Å². The van der Waals surface area contributed by atoms with Gasteiger partial charge in [-0.1, -0.05) is 12.1 Å². The lowest BCUT2D eigenvalue weighted by molar-refractivity contribution is -0.133. The van der Waals surface area contributed by atoms with Gasteiger partial charge >= 0.3 is 11.8 Å². The number of primary amides is 1. The monoisotopic (exact) mass is 308 g/mol. The van der Waals surface area contributed by atoms with E-state index in [1.54, 1.807) is 12.1 Å². The molecule has 0 unspecified atom stereocenters. The lowest BCUT2D eigenvalue weighted by Gasteiger charge is -2.08. The van der Waals surface area contributed by atoms with Crippen LogP contribution in [0.3, 0.4) is 0 Å². The van der Waals surface area contributed by atoms with Crippen molar-refractivity contribution >= 4 is 29.1 Å². The van der Waals surface area contributed by atoms with Gasteiger partial charge in [0.05, 0.1) is 11.3 Å². The number of hydrogen-bond donors (Lipinski definition) is 3. The summed E-state index contributed by atoms with van der Waals surface area (Å²) < 4.78 is 0. The number of para-hydroxylation sites is 1. The van der Waals surface area contributed by atoms with Crippen LogP contribution >= 0.6 is 0 Å². The molecule has 0 aromatic heterocycles. The number of carbonyl (C=O) groups is 3. The number of carbonyl (C=O) groups excluding carboxylic acids is 3. The molecule has 114 valence electrons. The lowest BCUT2D eigenvalue weighted by atomic mass is 10.2. The van der Waals surface area contributed by atoms with Crippen molar-refractivity contribution in [3.8, 4) is 6.07 Å². The molecule has 7 nitrogen and oxygen atoms in total. The highest BCUT2D eigenvalue weighted by Crippen LogP contribution is 2.14. The average molecular weight is 308 g/mol. The highest BCUT2D eigenvalue weighted by molar-refractivity contribution is 6.43. The van der Waals surface area contributed by atoms with E-state index in [9.17, 15) is 14.4 Å². The van der Waals surface area contributed by atoms with Gasteiger partial charge in [0.1, 0.15) is 6.07 Å². The Labute approximate surface area is 131 Å². The lowest BCUT2D eigenvalue weighted by Crippen LogP contribution is -2.29. The summed E-state index contributed by atoms with van der Waals surface area (Å²) in [6.45, 7) is 0. The molecule has 2 aromatic rings. The number of rotatable bonds is 3. The molecule has 0 atom stereocenters. The first-order valence-electron chi connectivity index (χ1n) is 6.52. The largest absolute Gasteiger partial charge is 0.366 e. The van der Waals surface area contributed by atoms with Crippen molar-refractivity contribution in [2.24, 2.45) is 5.73 Å². The van der Waals surface area contributed by atoms with Crippen LogP contribution < -0.4 is 16.4 Å². The molecular formula is C16H12N4O3. The minimum atomic E-state index is -0.910. The molecule has 0 fully saturated rings. The number of nitriles is 1. The van der Waals surface area contributed by atoms with Crippen molar-refractivity contribution in [3.63, 3.8) is 0 Å². The summed E-state index contributed by atoms with van der Waals surface area (Å²) >= 11 is 0. The Balaban J connectivity index is 2.04. The number of benzene rings is 2. The fourth-order valence-corrected chi connectivity index (χ4v) is 1.77. The van der Waals surface area contributed by atoms with Crippen LogP contribution in [0.2, 0.25) is 0 Å². The molecule has 2 rings (SSSR count). The van der Waals surface area contributed by atoms with Crippen LogP contribution in [0.25, 0.3) is 0 Å². The third-order valence-corrected chi connectivity index (χ3v) is 2.93. The second-order valence-corrected chi connectivity index (χ2v) is 4.51. The number of nitrogens with zero attached hydrogens (tertiary/aromatic N) is 1. The summed E-state index contributed by atoms with van der Waals surface area (Å²) in [5, 5.41) is 13.7. The fraction of sp³-hybridized carbons (Fsp3) is 0. The predicted octanol–water partition coefficient (Wildman–Crippen LogP) is 1.23. The van der Waals surface area contributed by atoms with Gasteiger partial charge in [0.15, 0.2) is 0 Å². The standard InChI is InChI=1S/C16H12N4O3/c17-9-11-3-1-2-4-13(11)20-16(23)15(22)19-12-7-5-10(6-8-12)14(18)21/h1-8H,(H2,18,21)(H,19,22)(H,20,23). The highest BCUT2D eigenvalue weighted by Gasteiger charge is 2.15. The molecule has 0 aliphatic carbocycles. The van der Waals surface area contributed by atoms with Crippen LogP contribution in [0, 0.1) is 11.3 Å². The zero-order valence-corrected chi connectivity index (χ0v) is 11.9. The predicted molar refractivity (Wildman–Crippen MR) is 83.4 cm³/mol. The molecule has 7 heteroatoms. The maximum absolute atomic E-state index is 11.9. The van der Waals surface area contributed by atoms with E-state index in [1.165, 1.54) is 36.4 Å². The van der Waals surface area contributed by atoms with Crippen LogP contribution in [0.4, 0.5) is 11.4 Å². The van der Waals surface area contributed by atoms with E-state index in [2.05, 4.69) is 10.6 Å². The zero-order valence-electron chi connectivity index (χ0n) is 11.9. The normalized spacial score (nSPS) is 9.52. The SMILES string of the molecule is N#Cc1ccccc1NC(=O)C(=O)Nc1ccc(C(N)=O)cc1. The topological polar surface area (TPSA) is 125 Å². The molecule has 0 saturated heterocycles. The molecule has 0 heterocycles. The molecule has 3 amide bonds. The second-order valence-electron chi connectivity index (χ2n) is 4.51. The quantitative estimate of drug-likeness (QED) is 0.737. The second kappa shape index (κ2) is 6.87. The first-order chi connectivity index (χ1) is 11.0. The molecule has 0 aliphatic heterocycles. The Morgan fingerprint density at radius 2 is 1.52 bits per heavy atom. The maximum Gasteiger partial charge on any atom is 0.314 e. The van der Waals surface area contributed by atoms with Gasteiger partial charge in [-0.25, -0.2) is 0 Å². The van der Waals surface area contributed by atoms with Gasteiger partial charge in [0.25, 0.3) is 0 Å². The van der Waals surface area contributed by atoms with Crippen LogP contribution in [0.15, 0.2) is 48.5 Å². The van der Waals surface area contributed by atoms with Crippen LogP contribution in [0.5, 0.6) is 0 Å². The number of anilines is 2. The highest BCUT2D eigenvalue weighted by atomic mass is 16.2. The Hall–Kier alpha value is -3.66. The smallest absolute Gasteiger partial charge is 0.314 e.